The van der Waals surface area contributed by atoms with Crippen molar-refractivity contribution < 1.29 is 9.15 Å². The van der Waals surface area contributed by atoms with E-state index in [4.69, 9.17) is 9.15 Å². The Bertz CT molecular complexity index is 2500. The molecule has 0 radical (unpaired) electrons. The number of rotatable bonds is 0. The van der Waals surface area contributed by atoms with Gasteiger partial charge in [0.05, 0.1) is 21.9 Å². The first kappa shape index (κ1) is 22.8. The van der Waals surface area contributed by atoms with Gasteiger partial charge < -0.3 is 9.15 Å². The second-order valence-corrected chi connectivity index (χ2v) is 13.1. The van der Waals surface area contributed by atoms with Crippen molar-refractivity contribution in [3.63, 3.8) is 0 Å². The molecule has 3 aromatic heterocycles. The van der Waals surface area contributed by atoms with Crippen LogP contribution in [0.15, 0.2) is 95.4 Å². The van der Waals surface area contributed by atoms with Crippen LogP contribution in [0.25, 0.3) is 55.2 Å². The SMILES string of the molecule is Cc1cc2c3c(c1)-n1c4ccc(C(C)(C)C)cc4n4c5c(ccc6oc7ccccc7c65)c(c14)B3c1ccccc1O2. The van der Waals surface area contributed by atoms with Gasteiger partial charge in [-0.1, -0.05) is 63.2 Å². The predicted molar refractivity (Wildman–Crippen MR) is 174 cm³/mol. The normalized spacial score (nSPS) is 13.9. The van der Waals surface area contributed by atoms with Gasteiger partial charge in [-0.2, -0.15) is 0 Å². The van der Waals surface area contributed by atoms with Crippen molar-refractivity contribution in [3.05, 3.63) is 102 Å². The first-order valence-electron chi connectivity index (χ1n) is 14.7. The Morgan fingerprint density at radius 2 is 1.55 bits per heavy atom. The number of nitrogens with zero attached hydrogens (tertiary/aromatic N) is 2. The van der Waals surface area contributed by atoms with Gasteiger partial charge in [0.1, 0.15) is 28.3 Å². The van der Waals surface area contributed by atoms with Crippen LogP contribution < -0.4 is 21.1 Å². The lowest BCUT2D eigenvalue weighted by atomic mass is 9.34. The summed E-state index contributed by atoms with van der Waals surface area (Å²) in [6.45, 7) is 9.10. The molecule has 0 bridgehead atoms. The molecule has 2 aliphatic rings. The number of hydrogen-bond donors (Lipinski definition) is 0. The van der Waals surface area contributed by atoms with Crippen LogP contribution in [0.3, 0.4) is 0 Å². The maximum absolute atomic E-state index is 6.64. The van der Waals surface area contributed by atoms with Crippen molar-refractivity contribution >= 4 is 72.6 Å². The summed E-state index contributed by atoms with van der Waals surface area (Å²) in [6.07, 6.45) is 0. The number of benzene rings is 5. The van der Waals surface area contributed by atoms with Gasteiger partial charge in [-0.05, 0) is 93.8 Å². The molecular formula is C37H27BN2O2. The highest BCUT2D eigenvalue weighted by Crippen LogP contribution is 2.42. The highest BCUT2D eigenvalue weighted by Gasteiger charge is 2.43. The lowest BCUT2D eigenvalue weighted by molar-refractivity contribution is 0.487. The molecule has 0 atom stereocenters. The Balaban J connectivity index is 1.52. The van der Waals surface area contributed by atoms with Crippen LogP contribution in [-0.4, -0.2) is 15.7 Å². The molecule has 2 aliphatic heterocycles. The molecule has 0 saturated carbocycles. The maximum atomic E-state index is 6.64. The van der Waals surface area contributed by atoms with E-state index in [9.17, 15) is 0 Å². The van der Waals surface area contributed by atoms with Crippen LogP contribution in [-0.2, 0) is 5.41 Å². The molecule has 0 fully saturated rings. The first-order chi connectivity index (χ1) is 20.4. The zero-order valence-electron chi connectivity index (χ0n) is 23.9. The summed E-state index contributed by atoms with van der Waals surface area (Å²) in [5.41, 5.74) is 14.2. The topological polar surface area (TPSA) is 31.7 Å². The Hall–Kier alpha value is -4.90. The Morgan fingerprint density at radius 1 is 0.714 bits per heavy atom. The molecule has 0 spiro atoms. The second kappa shape index (κ2) is 7.29. The van der Waals surface area contributed by atoms with Crippen molar-refractivity contribution in [2.24, 2.45) is 0 Å². The fraction of sp³-hybridized carbons (Fsp3) is 0.135. The number of aryl methyl sites for hydroxylation is 1. The van der Waals surface area contributed by atoms with E-state index in [1.807, 2.05) is 0 Å². The molecule has 0 amide bonds. The number of furan rings is 1. The van der Waals surface area contributed by atoms with Crippen LogP contribution in [0.5, 0.6) is 11.5 Å². The largest absolute Gasteiger partial charge is 0.458 e. The van der Waals surface area contributed by atoms with Crippen LogP contribution >= 0.6 is 0 Å². The lowest BCUT2D eigenvalue weighted by Gasteiger charge is -2.32. The highest BCUT2D eigenvalue weighted by atomic mass is 16.5. The molecule has 0 saturated heterocycles. The summed E-state index contributed by atoms with van der Waals surface area (Å²) < 4.78 is 18.1. The Kier molecular flexibility index (Phi) is 3.95. The molecule has 8 aromatic rings. The third-order valence-electron chi connectivity index (χ3n) is 9.55. The highest BCUT2D eigenvalue weighted by molar-refractivity contribution is 7.00. The first-order valence-corrected chi connectivity index (χ1v) is 14.7. The van der Waals surface area contributed by atoms with Crippen LogP contribution in [0.1, 0.15) is 31.9 Å². The van der Waals surface area contributed by atoms with Crippen molar-refractivity contribution in [1.82, 2.24) is 8.97 Å². The molecule has 5 heteroatoms. The van der Waals surface area contributed by atoms with Gasteiger partial charge in [0.15, 0.2) is 0 Å². The van der Waals surface area contributed by atoms with E-state index in [2.05, 4.69) is 128 Å². The van der Waals surface area contributed by atoms with E-state index in [0.717, 1.165) is 28.1 Å². The van der Waals surface area contributed by atoms with Gasteiger partial charge in [0.25, 0.3) is 6.71 Å². The van der Waals surface area contributed by atoms with E-state index >= 15 is 0 Å². The predicted octanol–water partition coefficient (Wildman–Crippen LogP) is 7.48. The third-order valence-corrected chi connectivity index (χ3v) is 9.55. The lowest BCUT2D eigenvalue weighted by Crippen LogP contribution is -2.58. The van der Waals surface area contributed by atoms with Gasteiger partial charge in [-0.3, -0.25) is 8.97 Å². The van der Waals surface area contributed by atoms with Gasteiger partial charge in [0, 0.05) is 11.1 Å². The standard InChI is InChI=1S/C37H27BN2O2/c1-20-17-27-34-31(18-20)42-29-12-8-6-10-24(29)38(34)33-23-14-16-30-32(22-9-5-7-11-28(22)41-30)35(23)40-26-19-21(37(2,3)4)13-15-25(26)39(27)36(33)40/h5-19H,1-4H3. The molecule has 200 valence electrons. The van der Waals surface area contributed by atoms with E-state index in [1.165, 1.54) is 66.2 Å². The molecule has 10 rings (SSSR count). The Morgan fingerprint density at radius 3 is 2.43 bits per heavy atom. The number of fused-ring (bicyclic) bond motifs is 14. The van der Waals surface area contributed by atoms with Crippen LogP contribution in [0, 0.1) is 6.92 Å². The maximum Gasteiger partial charge on any atom is 0.259 e. The Labute approximate surface area is 242 Å². The number of hydrogen-bond acceptors (Lipinski definition) is 2. The van der Waals surface area contributed by atoms with Crippen molar-refractivity contribution in [3.8, 4) is 17.2 Å². The van der Waals surface area contributed by atoms with Crippen molar-refractivity contribution in [2.75, 3.05) is 0 Å². The monoisotopic (exact) mass is 542 g/mol. The van der Waals surface area contributed by atoms with E-state index in [1.54, 1.807) is 0 Å². The number of imidazole rings is 1. The average molecular weight is 542 g/mol. The third kappa shape index (κ3) is 2.61. The second-order valence-electron chi connectivity index (χ2n) is 13.1. The molecular weight excluding hydrogens is 515 g/mol. The van der Waals surface area contributed by atoms with Crippen LogP contribution in [0.4, 0.5) is 0 Å². The fourth-order valence-corrected chi connectivity index (χ4v) is 7.74. The average Bonchev–Trinajstić information content (AvgIpc) is 3.62. The summed E-state index contributed by atoms with van der Waals surface area (Å²) in [5.74, 6) is 1.89. The number of aromatic nitrogens is 2. The summed E-state index contributed by atoms with van der Waals surface area (Å²) in [4.78, 5) is 0. The minimum atomic E-state index is 0.0200. The zero-order chi connectivity index (χ0) is 28.1. The quantitative estimate of drug-likeness (QED) is 0.186. The molecule has 4 nitrogen and oxygen atoms in total. The van der Waals surface area contributed by atoms with Gasteiger partial charge in [-0.25, -0.2) is 0 Å². The molecule has 5 aromatic carbocycles. The van der Waals surface area contributed by atoms with Gasteiger partial charge in [-0.15, -0.1) is 0 Å². The van der Waals surface area contributed by atoms with Crippen molar-refractivity contribution in [2.45, 2.75) is 33.1 Å². The molecule has 42 heavy (non-hydrogen) atoms. The van der Waals surface area contributed by atoms with Gasteiger partial charge >= 0.3 is 0 Å². The fourth-order valence-electron chi connectivity index (χ4n) is 7.74. The summed E-state index contributed by atoms with van der Waals surface area (Å²) in [5, 5.41) is 3.59. The van der Waals surface area contributed by atoms with Crippen molar-refractivity contribution in [1.29, 1.82) is 0 Å². The minimum Gasteiger partial charge on any atom is -0.458 e. The summed E-state index contributed by atoms with van der Waals surface area (Å²) >= 11 is 0. The molecule has 0 unspecified atom stereocenters. The van der Waals surface area contributed by atoms with E-state index < -0.39 is 0 Å². The molecule has 0 aliphatic carbocycles. The smallest absolute Gasteiger partial charge is 0.259 e. The summed E-state index contributed by atoms with van der Waals surface area (Å²) in [7, 11) is 0. The van der Waals surface area contributed by atoms with Gasteiger partial charge in [0.2, 0.25) is 0 Å². The molecule has 0 N–H and O–H groups in total. The summed E-state index contributed by atoms with van der Waals surface area (Å²) in [6, 6.07) is 33.0. The van der Waals surface area contributed by atoms with Crippen LogP contribution in [0.2, 0.25) is 0 Å². The van der Waals surface area contributed by atoms with E-state index in [-0.39, 0.29) is 12.1 Å². The number of ether oxygens (including phenoxy) is 1. The zero-order valence-corrected chi connectivity index (χ0v) is 23.9. The minimum absolute atomic E-state index is 0.0200. The number of para-hydroxylation sites is 2. The molecule has 5 heterocycles. The van der Waals surface area contributed by atoms with E-state index in [0.29, 0.717) is 0 Å².